The fourth-order valence-electron chi connectivity index (χ4n) is 3.93. The zero-order chi connectivity index (χ0) is 22.5. The Bertz CT molecular complexity index is 1030. The number of hydrogen-bond donors (Lipinski definition) is 1. The Balaban J connectivity index is 1.33. The second kappa shape index (κ2) is 10.1. The average Bonchev–Trinajstić information content (AvgIpc) is 3.29. The second-order valence-electron chi connectivity index (χ2n) is 8.59. The molecule has 4 rings (SSSR count). The summed E-state index contributed by atoms with van der Waals surface area (Å²) in [6.45, 7) is 10.1. The van der Waals surface area contributed by atoms with Crippen molar-refractivity contribution in [3.8, 4) is 11.1 Å². The Kier molecular flexibility index (Phi) is 6.97. The van der Waals surface area contributed by atoms with Gasteiger partial charge in [-0.15, -0.1) is 0 Å². The van der Waals surface area contributed by atoms with E-state index in [1.54, 1.807) is 0 Å². The molecule has 7 heteroatoms. The molecule has 0 aliphatic carbocycles. The monoisotopic (exact) mass is 433 g/mol. The van der Waals surface area contributed by atoms with Crippen LogP contribution in [-0.4, -0.2) is 58.1 Å². The van der Waals surface area contributed by atoms with Crippen molar-refractivity contribution >= 4 is 11.6 Å². The first-order chi connectivity index (χ1) is 15.5. The van der Waals surface area contributed by atoms with Gasteiger partial charge in [0.05, 0.1) is 12.6 Å². The lowest BCUT2D eigenvalue weighted by Crippen LogP contribution is -2.52. The third-order valence-corrected chi connectivity index (χ3v) is 5.96. The molecule has 1 fully saturated rings. The first-order valence-electron chi connectivity index (χ1n) is 11.3. The molecule has 0 saturated carbocycles. The second-order valence-corrected chi connectivity index (χ2v) is 8.59. The normalized spacial score (nSPS) is 16.2. The molecule has 168 valence electrons. The molecule has 1 amide bonds. The first kappa shape index (κ1) is 22.2. The van der Waals surface area contributed by atoms with Crippen LogP contribution in [0.5, 0.6) is 0 Å². The quantitative estimate of drug-likeness (QED) is 0.607. The average molecular weight is 434 g/mol. The minimum Gasteiger partial charge on any atom is -0.338 e. The maximum absolute atomic E-state index is 13.0. The van der Waals surface area contributed by atoms with E-state index < -0.39 is 0 Å². The summed E-state index contributed by atoms with van der Waals surface area (Å²) in [4.78, 5) is 22.0. The van der Waals surface area contributed by atoms with Crippen molar-refractivity contribution < 1.29 is 9.32 Å². The van der Waals surface area contributed by atoms with Crippen LogP contribution < -0.4 is 5.32 Å². The summed E-state index contributed by atoms with van der Waals surface area (Å²) in [6.07, 6.45) is 0. The van der Waals surface area contributed by atoms with Gasteiger partial charge in [-0.3, -0.25) is 14.6 Å². The van der Waals surface area contributed by atoms with Gasteiger partial charge < -0.3 is 9.84 Å². The van der Waals surface area contributed by atoms with Crippen LogP contribution in [-0.2, 0) is 11.3 Å². The van der Waals surface area contributed by atoms with E-state index in [2.05, 4.69) is 51.2 Å². The van der Waals surface area contributed by atoms with Gasteiger partial charge in [0.2, 0.25) is 11.8 Å². The van der Waals surface area contributed by atoms with Crippen molar-refractivity contribution in [2.45, 2.75) is 39.3 Å². The number of nitrogens with one attached hydrogen (secondary N) is 1. The molecule has 1 aromatic heterocycles. The molecular formula is C25H31N5O2. The van der Waals surface area contributed by atoms with Crippen molar-refractivity contribution in [3.63, 3.8) is 0 Å². The molecule has 2 aromatic carbocycles. The van der Waals surface area contributed by atoms with Crippen LogP contribution in [0, 0.1) is 0 Å². The largest absolute Gasteiger partial charge is 0.338 e. The number of anilines is 1. The van der Waals surface area contributed by atoms with E-state index in [4.69, 9.17) is 4.52 Å². The van der Waals surface area contributed by atoms with Crippen LogP contribution in [0.2, 0.25) is 0 Å². The lowest BCUT2D eigenvalue weighted by atomic mass is 10.0. The van der Waals surface area contributed by atoms with Gasteiger partial charge in [0.1, 0.15) is 0 Å². The standard InChI is InChI=1S/C25H31N5O2/c1-18(2)24-27-23(32-28-24)17-29-13-15-30(16-14-29)19(3)25(31)26-22-12-8-7-11-21(22)20-9-5-4-6-10-20/h4-12,18-19H,13-17H2,1-3H3,(H,26,31). The Hall–Kier alpha value is -3.03. The van der Waals surface area contributed by atoms with Gasteiger partial charge in [0.25, 0.3) is 0 Å². The summed E-state index contributed by atoms with van der Waals surface area (Å²) in [5.74, 6) is 1.68. The molecule has 1 N–H and O–H groups in total. The van der Waals surface area contributed by atoms with Gasteiger partial charge in [0.15, 0.2) is 5.82 Å². The van der Waals surface area contributed by atoms with Crippen LogP contribution in [0.15, 0.2) is 59.1 Å². The molecule has 7 nitrogen and oxygen atoms in total. The number of aromatic nitrogens is 2. The molecule has 0 bridgehead atoms. The Morgan fingerprint density at radius 1 is 1.00 bits per heavy atom. The Morgan fingerprint density at radius 2 is 1.69 bits per heavy atom. The molecule has 1 atom stereocenters. The summed E-state index contributed by atoms with van der Waals surface area (Å²) >= 11 is 0. The number of benzene rings is 2. The number of hydrogen-bond acceptors (Lipinski definition) is 6. The zero-order valence-corrected chi connectivity index (χ0v) is 19.0. The number of nitrogens with zero attached hydrogens (tertiary/aromatic N) is 4. The molecule has 1 saturated heterocycles. The van der Waals surface area contributed by atoms with Crippen LogP contribution >= 0.6 is 0 Å². The van der Waals surface area contributed by atoms with Crippen LogP contribution in [0.3, 0.4) is 0 Å². The molecular weight excluding hydrogens is 402 g/mol. The van der Waals surface area contributed by atoms with Crippen LogP contribution in [0.4, 0.5) is 5.69 Å². The van der Waals surface area contributed by atoms with E-state index in [1.807, 2.05) is 49.4 Å². The predicted octanol–water partition coefficient (Wildman–Crippen LogP) is 4.00. The number of carbonyl (C=O) groups excluding carboxylic acids is 1. The fraction of sp³-hybridized carbons (Fsp3) is 0.400. The first-order valence-corrected chi connectivity index (χ1v) is 11.3. The van der Waals surface area contributed by atoms with Gasteiger partial charge in [0, 0.05) is 43.3 Å². The van der Waals surface area contributed by atoms with E-state index in [0.29, 0.717) is 12.4 Å². The SMILES string of the molecule is CC(C)c1noc(CN2CCN(C(C)C(=O)Nc3ccccc3-c3ccccc3)CC2)n1. The van der Waals surface area contributed by atoms with E-state index >= 15 is 0 Å². The minimum atomic E-state index is -0.211. The van der Waals surface area contributed by atoms with Gasteiger partial charge in [-0.1, -0.05) is 67.5 Å². The highest BCUT2D eigenvalue weighted by Crippen LogP contribution is 2.28. The van der Waals surface area contributed by atoms with E-state index in [1.165, 1.54) is 0 Å². The van der Waals surface area contributed by atoms with Crippen molar-refractivity contribution in [2.24, 2.45) is 0 Å². The molecule has 32 heavy (non-hydrogen) atoms. The summed E-state index contributed by atoms with van der Waals surface area (Å²) in [5, 5.41) is 7.18. The summed E-state index contributed by atoms with van der Waals surface area (Å²) in [6, 6.07) is 17.9. The number of piperazine rings is 1. The molecule has 1 aliphatic rings. The van der Waals surface area contributed by atoms with Crippen molar-refractivity contribution in [1.29, 1.82) is 0 Å². The highest BCUT2D eigenvalue weighted by molar-refractivity contribution is 5.98. The third kappa shape index (κ3) is 5.23. The van der Waals surface area contributed by atoms with Gasteiger partial charge in [-0.25, -0.2) is 0 Å². The minimum absolute atomic E-state index is 0.0142. The van der Waals surface area contributed by atoms with Crippen molar-refractivity contribution in [2.75, 3.05) is 31.5 Å². The molecule has 2 heterocycles. The number of amides is 1. The topological polar surface area (TPSA) is 74.5 Å². The molecule has 1 unspecified atom stereocenters. The summed E-state index contributed by atoms with van der Waals surface area (Å²) < 4.78 is 5.37. The van der Waals surface area contributed by atoms with Gasteiger partial charge >= 0.3 is 0 Å². The number of rotatable bonds is 7. The Labute approximate surface area is 189 Å². The molecule has 0 radical (unpaired) electrons. The van der Waals surface area contributed by atoms with Crippen LogP contribution in [0.25, 0.3) is 11.1 Å². The smallest absolute Gasteiger partial charge is 0.241 e. The van der Waals surface area contributed by atoms with E-state index in [9.17, 15) is 4.79 Å². The van der Waals surface area contributed by atoms with Crippen LogP contribution in [0.1, 0.15) is 38.4 Å². The lowest BCUT2D eigenvalue weighted by Gasteiger charge is -2.36. The number of para-hydroxylation sites is 1. The maximum Gasteiger partial charge on any atom is 0.241 e. The maximum atomic E-state index is 13.0. The van der Waals surface area contributed by atoms with Gasteiger partial charge in [-0.05, 0) is 18.6 Å². The fourth-order valence-corrected chi connectivity index (χ4v) is 3.93. The highest BCUT2D eigenvalue weighted by Gasteiger charge is 2.27. The predicted molar refractivity (Wildman–Crippen MR) is 125 cm³/mol. The van der Waals surface area contributed by atoms with Crippen molar-refractivity contribution in [1.82, 2.24) is 19.9 Å². The summed E-state index contributed by atoms with van der Waals surface area (Å²) in [5.41, 5.74) is 2.96. The van der Waals surface area contributed by atoms with Gasteiger partial charge in [-0.2, -0.15) is 4.98 Å². The van der Waals surface area contributed by atoms with E-state index in [0.717, 1.165) is 48.8 Å². The van der Waals surface area contributed by atoms with Crippen molar-refractivity contribution in [3.05, 3.63) is 66.3 Å². The third-order valence-electron chi connectivity index (χ3n) is 5.96. The van der Waals surface area contributed by atoms with E-state index in [-0.39, 0.29) is 17.9 Å². The molecule has 1 aliphatic heterocycles. The number of carbonyl (C=O) groups is 1. The lowest BCUT2D eigenvalue weighted by molar-refractivity contribution is -0.121. The highest BCUT2D eigenvalue weighted by atomic mass is 16.5. The Morgan fingerprint density at radius 3 is 2.38 bits per heavy atom. The molecule has 0 spiro atoms. The summed E-state index contributed by atoms with van der Waals surface area (Å²) in [7, 11) is 0. The molecule has 3 aromatic rings. The zero-order valence-electron chi connectivity index (χ0n) is 19.0.